The van der Waals surface area contributed by atoms with E-state index < -0.39 is 0 Å². The maximum absolute atomic E-state index is 11.9. The number of nitrogens with one attached hydrogen (secondary N) is 1. The van der Waals surface area contributed by atoms with Gasteiger partial charge in [0.2, 0.25) is 5.91 Å². The summed E-state index contributed by atoms with van der Waals surface area (Å²) >= 11 is 3.39. The lowest BCUT2D eigenvalue weighted by Crippen LogP contribution is -2.21. The molecule has 2 rings (SSSR count). The van der Waals surface area contributed by atoms with Gasteiger partial charge in [0.15, 0.2) is 0 Å². The Hall–Kier alpha value is -1.07. The molecular formula is C14H19BrN2O2. The fourth-order valence-electron chi connectivity index (χ4n) is 2.18. The fraction of sp³-hybridized carbons (Fsp3) is 0.500. The fourth-order valence-corrected chi connectivity index (χ4v) is 2.52. The van der Waals surface area contributed by atoms with E-state index in [2.05, 4.69) is 21.2 Å². The Morgan fingerprint density at radius 2 is 2.32 bits per heavy atom. The average Bonchev–Trinajstić information content (AvgIpc) is 2.42. The van der Waals surface area contributed by atoms with Crippen molar-refractivity contribution in [2.45, 2.75) is 38.2 Å². The van der Waals surface area contributed by atoms with Crippen molar-refractivity contribution in [2.75, 3.05) is 17.7 Å². The van der Waals surface area contributed by atoms with Gasteiger partial charge in [-0.25, -0.2) is 0 Å². The van der Waals surface area contributed by atoms with Gasteiger partial charge in [0.25, 0.3) is 0 Å². The predicted molar refractivity (Wildman–Crippen MR) is 80.0 cm³/mol. The molecule has 1 saturated heterocycles. The van der Waals surface area contributed by atoms with Crippen molar-refractivity contribution < 1.29 is 9.53 Å². The van der Waals surface area contributed by atoms with E-state index in [-0.39, 0.29) is 12.0 Å². The predicted octanol–water partition coefficient (Wildman–Crippen LogP) is 3.32. The lowest BCUT2D eigenvalue weighted by molar-refractivity contribution is -0.117. The molecule has 1 fully saturated rings. The van der Waals surface area contributed by atoms with Crippen molar-refractivity contribution in [1.82, 2.24) is 0 Å². The summed E-state index contributed by atoms with van der Waals surface area (Å²) in [6, 6.07) is 5.36. The quantitative estimate of drug-likeness (QED) is 0.834. The number of halogens is 1. The van der Waals surface area contributed by atoms with Crippen LogP contribution in [0.1, 0.15) is 32.1 Å². The molecule has 3 N–H and O–H groups in total. The summed E-state index contributed by atoms with van der Waals surface area (Å²) in [5, 5.41) is 2.87. The number of anilines is 2. The minimum Gasteiger partial charge on any atom is -0.399 e. The molecule has 1 unspecified atom stereocenters. The summed E-state index contributed by atoms with van der Waals surface area (Å²) < 4.78 is 6.45. The highest BCUT2D eigenvalue weighted by molar-refractivity contribution is 9.10. The molecular weight excluding hydrogens is 308 g/mol. The summed E-state index contributed by atoms with van der Waals surface area (Å²) in [4.78, 5) is 11.9. The number of amides is 1. The van der Waals surface area contributed by atoms with E-state index in [0.717, 1.165) is 36.0 Å². The van der Waals surface area contributed by atoms with E-state index in [4.69, 9.17) is 10.5 Å². The Morgan fingerprint density at radius 3 is 3.05 bits per heavy atom. The molecule has 19 heavy (non-hydrogen) atoms. The van der Waals surface area contributed by atoms with Crippen LogP contribution in [-0.4, -0.2) is 18.6 Å². The monoisotopic (exact) mass is 326 g/mol. The highest BCUT2D eigenvalue weighted by atomic mass is 79.9. The third-order valence-electron chi connectivity index (χ3n) is 3.23. The second kappa shape index (κ2) is 6.91. The molecule has 1 atom stereocenters. The smallest absolute Gasteiger partial charge is 0.224 e. The van der Waals surface area contributed by atoms with E-state index in [0.29, 0.717) is 12.1 Å². The number of carbonyl (C=O) groups is 1. The highest BCUT2D eigenvalue weighted by Crippen LogP contribution is 2.25. The lowest BCUT2D eigenvalue weighted by Gasteiger charge is -2.22. The van der Waals surface area contributed by atoms with Crippen molar-refractivity contribution in [3.8, 4) is 0 Å². The summed E-state index contributed by atoms with van der Waals surface area (Å²) in [5.74, 6) is 0.000438. The molecule has 1 amide bonds. The summed E-state index contributed by atoms with van der Waals surface area (Å²) in [7, 11) is 0. The first-order valence-electron chi connectivity index (χ1n) is 6.61. The van der Waals surface area contributed by atoms with Gasteiger partial charge in [-0.1, -0.05) is 0 Å². The molecule has 5 heteroatoms. The minimum atomic E-state index is 0.000438. The number of hydrogen-bond donors (Lipinski definition) is 2. The topological polar surface area (TPSA) is 64.3 Å². The summed E-state index contributed by atoms with van der Waals surface area (Å²) in [5.41, 5.74) is 7.05. The number of ether oxygens (including phenoxy) is 1. The van der Waals surface area contributed by atoms with Crippen LogP contribution in [0.5, 0.6) is 0 Å². The van der Waals surface area contributed by atoms with Crippen molar-refractivity contribution in [3.63, 3.8) is 0 Å². The molecule has 1 heterocycles. The average molecular weight is 327 g/mol. The van der Waals surface area contributed by atoms with E-state index in [1.54, 1.807) is 12.1 Å². The molecule has 1 aromatic carbocycles. The molecule has 0 aromatic heterocycles. The van der Waals surface area contributed by atoms with Gasteiger partial charge in [-0.3, -0.25) is 4.79 Å². The third kappa shape index (κ3) is 4.51. The molecule has 1 aliphatic heterocycles. The number of carbonyl (C=O) groups excluding carboxylic acids is 1. The van der Waals surface area contributed by atoms with Gasteiger partial charge < -0.3 is 15.8 Å². The van der Waals surface area contributed by atoms with Gasteiger partial charge in [0, 0.05) is 23.2 Å². The van der Waals surface area contributed by atoms with Crippen molar-refractivity contribution in [3.05, 3.63) is 22.7 Å². The normalized spacial score (nSPS) is 19.1. The summed E-state index contributed by atoms with van der Waals surface area (Å²) in [6.07, 6.45) is 4.91. The van der Waals surface area contributed by atoms with Crippen LogP contribution in [0.2, 0.25) is 0 Å². The Kier molecular flexibility index (Phi) is 5.22. The molecule has 0 saturated carbocycles. The first kappa shape index (κ1) is 14.3. The number of nitrogens with two attached hydrogens (primary N) is 1. The van der Waals surface area contributed by atoms with Crippen LogP contribution < -0.4 is 11.1 Å². The molecule has 0 spiro atoms. The SMILES string of the molecule is Nc1ccc(Br)c(NC(=O)CCC2CCCCO2)c1. The zero-order valence-corrected chi connectivity index (χ0v) is 12.4. The van der Waals surface area contributed by atoms with E-state index in [1.165, 1.54) is 6.42 Å². The van der Waals surface area contributed by atoms with Gasteiger partial charge in [-0.2, -0.15) is 0 Å². The zero-order valence-electron chi connectivity index (χ0n) is 10.8. The largest absolute Gasteiger partial charge is 0.399 e. The second-order valence-electron chi connectivity index (χ2n) is 4.81. The van der Waals surface area contributed by atoms with Gasteiger partial charge in [-0.05, 0) is 59.8 Å². The zero-order chi connectivity index (χ0) is 13.7. The molecule has 104 valence electrons. The molecule has 0 radical (unpaired) electrons. The Balaban J connectivity index is 1.81. The van der Waals surface area contributed by atoms with Gasteiger partial charge in [0.05, 0.1) is 11.8 Å². The van der Waals surface area contributed by atoms with Crippen LogP contribution in [0.4, 0.5) is 11.4 Å². The standard InChI is InChI=1S/C14H19BrN2O2/c15-12-6-4-10(16)9-13(12)17-14(18)7-5-11-3-1-2-8-19-11/h4,6,9,11H,1-3,5,7-8,16H2,(H,17,18). The number of rotatable bonds is 4. The Morgan fingerprint density at radius 1 is 1.47 bits per heavy atom. The van der Waals surface area contributed by atoms with Crippen LogP contribution in [0, 0.1) is 0 Å². The van der Waals surface area contributed by atoms with Crippen LogP contribution in [0.25, 0.3) is 0 Å². The van der Waals surface area contributed by atoms with E-state index in [9.17, 15) is 4.79 Å². The van der Waals surface area contributed by atoms with Crippen LogP contribution in [0.15, 0.2) is 22.7 Å². The summed E-state index contributed by atoms with van der Waals surface area (Å²) in [6.45, 7) is 0.826. The molecule has 0 aliphatic carbocycles. The maximum atomic E-state index is 11.9. The molecule has 4 nitrogen and oxygen atoms in total. The first-order valence-corrected chi connectivity index (χ1v) is 7.41. The minimum absolute atomic E-state index is 0.000438. The third-order valence-corrected chi connectivity index (χ3v) is 3.92. The van der Waals surface area contributed by atoms with Gasteiger partial charge in [0.1, 0.15) is 0 Å². The van der Waals surface area contributed by atoms with Crippen molar-refractivity contribution in [1.29, 1.82) is 0 Å². The second-order valence-corrected chi connectivity index (χ2v) is 5.67. The van der Waals surface area contributed by atoms with Crippen LogP contribution in [0.3, 0.4) is 0 Å². The van der Waals surface area contributed by atoms with Gasteiger partial charge >= 0.3 is 0 Å². The van der Waals surface area contributed by atoms with Crippen LogP contribution >= 0.6 is 15.9 Å². The van der Waals surface area contributed by atoms with Crippen molar-refractivity contribution >= 4 is 33.2 Å². The number of hydrogen-bond acceptors (Lipinski definition) is 3. The van der Waals surface area contributed by atoms with Gasteiger partial charge in [-0.15, -0.1) is 0 Å². The highest BCUT2D eigenvalue weighted by Gasteiger charge is 2.15. The Bertz CT molecular complexity index is 445. The molecule has 1 aromatic rings. The maximum Gasteiger partial charge on any atom is 0.224 e. The molecule has 0 bridgehead atoms. The first-order chi connectivity index (χ1) is 9.15. The number of benzene rings is 1. The Labute approximate surface area is 121 Å². The van der Waals surface area contributed by atoms with Crippen molar-refractivity contribution in [2.24, 2.45) is 0 Å². The van der Waals surface area contributed by atoms with E-state index >= 15 is 0 Å². The number of nitrogen functional groups attached to an aromatic ring is 1. The molecule has 1 aliphatic rings. The lowest BCUT2D eigenvalue weighted by atomic mass is 10.0. The van der Waals surface area contributed by atoms with Crippen LogP contribution in [-0.2, 0) is 9.53 Å². The van der Waals surface area contributed by atoms with E-state index in [1.807, 2.05) is 6.07 Å².